The highest BCUT2D eigenvalue weighted by atomic mass is 16.2. The molecule has 19 heavy (non-hydrogen) atoms. The van der Waals surface area contributed by atoms with Crippen molar-refractivity contribution in [2.24, 2.45) is 11.1 Å². The van der Waals surface area contributed by atoms with Gasteiger partial charge in [-0.05, 0) is 19.3 Å². The molecule has 0 aromatic carbocycles. The summed E-state index contributed by atoms with van der Waals surface area (Å²) in [7, 11) is 0. The second-order valence-electron chi connectivity index (χ2n) is 5.46. The van der Waals surface area contributed by atoms with Crippen LogP contribution in [0.25, 0.3) is 0 Å². The van der Waals surface area contributed by atoms with Crippen molar-refractivity contribution in [3.63, 3.8) is 0 Å². The molecule has 0 aromatic rings. The van der Waals surface area contributed by atoms with Crippen LogP contribution in [0, 0.1) is 5.41 Å². The van der Waals surface area contributed by atoms with E-state index in [4.69, 9.17) is 5.73 Å². The van der Waals surface area contributed by atoms with Crippen LogP contribution < -0.4 is 11.1 Å². The van der Waals surface area contributed by atoms with Crippen molar-refractivity contribution in [1.82, 2.24) is 10.2 Å². The summed E-state index contributed by atoms with van der Waals surface area (Å²) in [5, 5.41) is 2.28. The third kappa shape index (κ3) is 2.36. The predicted molar refractivity (Wildman–Crippen MR) is 68.9 cm³/mol. The lowest BCUT2D eigenvalue weighted by Gasteiger charge is -2.39. The Bertz CT molecular complexity index is 402. The molecule has 1 atom stereocenters. The van der Waals surface area contributed by atoms with Crippen molar-refractivity contribution in [2.75, 3.05) is 13.1 Å². The second-order valence-corrected chi connectivity index (χ2v) is 5.46. The van der Waals surface area contributed by atoms with Crippen LogP contribution in [0.2, 0.25) is 0 Å². The fourth-order valence-electron chi connectivity index (χ4n) is 3.15. The van der Waals surface area contributed by atoms with Gasteiger partial charge in [0, 0.05) is 6.54 Å². The topological polar surface area (TPSA) is 92.5 Å². The van der Waals surface area contributed by atoms with Crippen LogP contribution in [0.4, 0.5) is 0 Å². The average Bonchev–Trinajstić information content (AvgIpc) is 2.87. The lowest BCUT2D eigenvalue weighted by atomic mass is 9.83. The molecule has 2 aliphatic rings. The fourth-order valence-corrected chi connectivity index (χ4v) is 3.15. The summed E-state index contributed by atoms with van der Waals surface area (Å²) in [5.41, 5.74) is 5.24. The molecule has 6 heteroatoms. The van der Waals surface area contributed by atoms with Gasteiger partial charge in [-0.2, -0.15) is 0 Å². The highest BCUT2D eigenvalue weighted by molar-refractivity contribution is 6.05. The Morgan fingerprint density at radius 3 is 2.58 bits per heavy atom. The van der Waals surface area contributed by atoms with Crippen molar-refractivity contribution in [2.45, 2.75) is 45.1 Å². The van der Waals surface area contributed by atoms with E-state index in [9.17, 15) is 14.4 Å². The number of hydrogen-bond donors (Lipinski definition) is 2. The summed E-state index contributed by atoms with van der Waals surface area (Å²) in [6.45, 7) is 2.09. The minimum Gasteiger partial charge on any atom is -0.329 e. The maximum atomic E-state index is 12.7. The van der Waals surface area contributed by atoms with Gasteiger partial charge in [-0.15, -0.1) is 0 Å². The van der Waals surface area contributed by atoms with E-state index in [1.807, 2.05) is 6.92 Å². The summed E-state index contributed by atoms with van der Waals surface area (Å²) >= 11 is 0. The minimum absolute atomic E-state index is 0.0369. The molecular weight excluding hydrogens is 246 g/mol. The van der Waals surface area contributed by atoms with Gasteiger partial charge in [0.15, 0.2) is 0 Å². The standard InChI is InChI=1S/C13H21N3O3/c1-2-9-11(18)15-10(17)7-16(9)12(19)13(8-14)5-3-4-6-13/h9H,2-8,14H2,1H3,(H,15,17,18). The van der Waals surface area contributed by atoms with Gasteiger partial charge < -0.3 is 10.6 Å². The molecule has 1 saturated heterocycles. The van der Waals surface area contributed by atoms with Crippen molar-refractivity contribution in [1.29, 1.82) is 0 Å². The number of nitrogens with one attached hydrogen (secondary N) is 1. The first-order chi connectivity index (χ1) is 9.04. The summed E-state index contributed by atoms with van der Waals surface area (Å²) in [6, 6.07) is -0.547. The van der Waals surface area contributed by atoms with Gasteiger partial charge in [-0.1, -0.05) is 19.8 Å². The van der Waals surface area contributed by atoms with Crippen LogP contribution in [-0.4, -0.2) is 41.8 Å². The number of piperazine rings is 1. The molecule has 2 fully saturated rings. The zero-order valence-electron chi connectivity index (χ0n) is 11.3. The minimum atomic E-state index is -0.564. The normalized spacial score (nSPS) is 26.4. The highest BCUT2D eigenvalue weighted by Crippen LogP contribution is 2.39. The largest absolute Gasteiger partial charge is 0.329 e. The first-order valence-electron chi connectivity index (χ1n) is 6.89. The number of amides is 3. The molecule has 1 heterocycles. The molecule has 0 radical (unpaired) electrons. The number of nitrogens with zero attached hydrogens (tertiary/aromatic N) is 1. The van der Waals surface area contributed by atoms with E-state index >= 15 is 0 Å². The zero-order valence-corrected chi connectivity index (χ0v) is 11.3. The quantitative estimate of drug-likeness (QED) is 0.691. The van der Waals surface area contributed by atoms with Crippen LogP contribution in [0.1, 0.15) is 39.0 Å². The van der Waals surface area contributed by atoms with E-state index in [0.717, 1.165) is 25.7 Å². The van der Waals surface area contributed by atoms with Gasteiger partial charge in [0.2, 0.25) is 17.7 Å². The van der Waals surface area contributed by atoms with Gasteiger partial charge >= 0.3 is 0 Å². The average molecular weight is 267 g/mol. The van der Waals surface area contributed by atoms with E-state index < -0.39 is 17.4 Å². The molecule has 6 nitrogen and oxygen atoms in total. The first-order valence-corrected chi connectivity index (χ1v) is 6.89. The summed E-state index contributed by atoms with van der Waals surface area (Å²) < 4.78 is 0. The fraction of sp³-hybridized carbons (Fsp3) is 0.769. The molecule has 0 spiro atoms. The second kappa shape index (κ2) is 5.28. The molecule has 2 rings (SSSR count). The van der Waals surface area contributed by atoms with Crippen molar-refractivity contribution < 1.29 is 14.4 Å². The Balaban J connectivity index is 2.24. The molecule has 3 N–H and O–H groups in total. The lowest BCUT2D eigenvalue weighted by molar-refractivity contribution is -0.155. The van der Waals surface area contributed by atoms with E-state index in [-0.39, 0.29) is 24.9 Å². The van der Waals surface area contributed by atoms with Crippen LogP contribution in [0.5, 0.6) is 0 Å². The van der Waals surface area contributed by atoms with Gasteiger partial charge in [-0.25, -0.2) is 0 Å². The molecule has 1 aliphatic carbocycles. The molecule has 1 saturated carbocycles. The molecule has 106 valence electrons. The van der Waals surface area contributed by atoms with Crippen LogP contribution in [-0.2, 0) is 14.4 Å². The van der Waals surface area contributed by atoms with Crippen molar-refractivity contribution >= 4 is 17.7 Å². The number of nitrogens with two attached hydrogens (primary N) is 1. The third-order valence-corrected chi connectivity index (χ3v) is 4.31. The number of rotatable bonds is 3. The predicted octanol–water partition coefficient (Wildman–Crippen LogP) is -0.231. The van der Waals surface area contributed by atoms with Crippen molar-refractivity contribution in [3.05, 3.63) is 0 Å². The SMILES string of the molecule is CCC1C(=O)NC(=O)CN1C(=O)C1(CN)CCCC1. The Hall–Kier alpha value is -1.43. The summed E-state index contributed by atoms with van der Waals surface area (Å²) in [4.78, 5) is 37.5. The Morgan fingerprint density at radius 2 is 2.05 bits per heavy atom. The third-order valence-electron chi connectivity index (χ3n) is 4.31. The van der Waals surface area contributed by atoms with Gasteiger partial charge in [0.05, 0.1) is 5.41 Å². The number of imide groups is 1. The zero-order chi connectivity index (χ0) is 14.0. The van der Waals surface area contributed by atoms with Crippen LogP contribution >= 0.6 is 0 Å². The van der Waals surface area contributed by atoms with Crippen LogP contribution in [0.3, 0.4) is 0 Å². The highest BCUT2D eigenvalue weighted by Gasteiger charge is 2.46. The molecule has 1 aliphatic heterocycles. The summed E-state index contributed by atoms with van der Waals surface area (Å²) in [6.07, 6.45) is 3.98. The summed E-state index contributed by atoms with van der Waals surface area (Å²) in [5.74, 6) is -0.909. The Morgan fingerprint density at radius 1 is 1.42 bits per heavy atom. The van der Waals surface area contributed by atoms with E-state index in [2.05, 4.69) is 5.32 Å². The monoisotopic (exact) mass is 267 g/mol. The van der Waals surface area contributed by atoms with E-state index in [0.29, 0.717) is 6.42 Å². The van der Waals surface area contributed by atoms with Gasteiger partial charge in [0.1, 0.15) is 12.6 Å². The smallest absolute Gasteiger partial charge is 0.249 e. The number of carbonyl (C=O) groups is 3. The van der Waals surface area contributed by atoms with E-state index in [1.165, 1.54) is 4.90 Å². The van der Waals surface area contributed by atoms with Gasteiger partial charge in [0.25, 0.3) is 0 Å². The van der Waals surface area contributed by atoms with Crippen molar-refractivity contribution in [3.8, 4) is 0 Å². The molecule has 3 amide bonds. The molecule has 0 bridgehead atoms. The maximum absolute atomic E-state index is 12.7. The lowest BCUT2D eigenvalue weighted by Crippen LogP contribution is -2.62. The van der Waals surface area contributed by atoms with Crippen LogP contribution in [0.15, 0.2) is 0 Å². The Labute approximate surface area is 112 Å². The van der Waals surface area contributed by atoms with Gasteiger partial charge in [-0.3, -0.25) is 19.7 Å². The molecular formula is C13H21N3O3. The first kappa shape index (κ1) is 14.0. The molecule has 1 unspecified atom stereocenters. The van der Waals surface area contributed by atoms with E-state index in [1.54, 1.807) is 0 Å². The number of carbonyl (C=O) groups excluding carboxylic acids is 3. The molecule has 0 aromatic heterocycles. The Kier molecular flexibility index (Phi) is 3.89. The number of hydrogen-bond acceptors (Lipinski definition) is 4. The maximum Gasteiger partial charge on any atom is 0.249 e.